The zero-order valence-electron chi connectivity index (χ0n) is 13.7. The molecule has 0 bridgehead atoms. The molecule has 1 unspecified atom stereocenters. The van der Waals surface area contributed by atoms with Gasteiger partial charge in [-0.15, -0.1) is 5.10 Å². The second-order valence-corrected chi connectivity index (χ2v) is 6.04. The van der Waals surface area contributed by atoms with Crippen molar-refractivity contribution in [3.05, 3.63) is 76.3 Å². The first-order valence-electron chi connectivity index (χ1n) is 7.71. The van der Waals surface area contributed by atoms with E-state index < -0.39 is 0 Å². The van der Waals surface area contributed by atoms with Crippen molar-refractivity contribution in [1.82, 2.24) is 20.3 Å². The third kappa shape index (κ3) is 3.53. The lowest BCUT2D eigenvalue weighted by Gasteiger charge is -2.15. The molecule has 5 nitrogen and oxygen atoms in total. The van der Waals surface area contributed by atoms with Crippen molar-refractivity contribution in [3.63, 3.8) is 0 Å². The third-order valence-electron chi connectivity index (χ3n) is 3.90. The second kappa shape index (κ2) is 7.03. The van der Waals surface area contributed by atoms with Crippen molar-refractivity contribution in [2.75, 3.05) is 0 Å². The Balaban J connectivity index is 1.81. The molecule has 1 N–H and O–H groups in total. The summed E-state index contributed by atoms with van der Waals surface area (Å²) in [4.78, 5) is 12.5. The lowest BCUT2D eigenvalue weighted by molar-refractivity contribution is 0.0934. The third-order valence-corrected chi connectivity index (χ3v) is 4.24. The van der Waals surface area contributed by atoms with Crippen LogP contribution in [0.15, 0.2) is 48.5 Å². The molecule has 1 amide bonds. The van der Waals surface area contributed by atoms with Crippen LogP contribution in [-0.2, 0) is 0 Å². The lowest BCUT2D eigenvalue weighted by atomic mass is 10.1. The number of rotatable bonds is 4. The van der Waals surface area contributed by atoms with E-state index in [0.29, 0.717) is 16.4 Å². The predicted octanol–water partition coefficient (Wildman–Crippen LogP) is 3.86. The summed E-state index contributed by atoms with van der Waals surface area (Å²) >= 11 is 6.16. The topological polar surface area (TPSA) is 59.8 Å². The molecular weight excluding hydrogens is 343 g/mol. The summed E-state index contributed by atoms with van der Waals surface area (Å²) in [5.74, 6) is -0.689. The van der Waals surface area contributed by atoms with Gasteiger partial charge in [0.25, 0.3) is 5.91 Å². The Morgan fingerprint density at radius 1 is 1.20 bits per heavy atom. The summed E-state index contributed by atoms with van der Waals surface area (Å²) in [6.45, 7) is 3.58. The molecule has 0 aliphatic heterocycles. The molecule has 0 spiro atoms. The molecule has 0 fully saturated rings. The SMILES string of the molecule is Cc1c(C(=O)NC(C)c2ccccc2Cl)nnn1-c1ccc(F)cc1. The molecule has 0 radical (unpaired) electrons. The van der Waals surface area contributed by atoms with Crippen LogP contribution < -0.4 is 5.32 Å². The normalized spacial score (nSPS) is 12.0. The van der Waals surface area contributed by atoms with Gasteiger partial charge < -0.3 is 5.32 Å². The van der Waals surface area contributed by atoms with Gasteiger partial charge in [0.05, 0.1) is 17.4 Å². The van der Waals surface area contributed by atoms with Crippen LogP contribution in [0.4, 0.5) is 4.39 Å². The van der Waals surface area contributed by atoms with E-state index in [1.54, 1.807) is 25.1 Å². The maximum absolute atomic E-state index is 13.1. The minimum absolute atomic E-state index is 0.211. The zero-order chi connectivity index (χ0) is 18.0. The van der Waals surface area contributed by atoms with E-state index in [4.69, 9.17) is 11.6 Å². The molecule has 7 heteroatoms. The number of nitrogens with zero attached hydrogens (tertiary/aromatic N) is 3. The van der Waals surface area contributed by atoms with Crippen molar-refractivity contribution in [1.29, 1.82) is 0 Å². The number of halogens is 2. The van der Waals surface area contributed by atoms with Gasteiger partial charge in [-0.25, -0.2) is 9.07 Å². The van der Waals surface area contributed by atoms with E-state index in [0.717, 1.165) is 5.56 Å². The van der Waals surface area contributed by atoms with E-state index >= 15 is 0 Å². The number of aromatic nitrogens is 3. The highest BCUT2D eigenvalue weighted by Crippen LogP contribution is 2.22. The monoisotopic (exact) mass is 358 g/mol. The average molecular weight is 359 g/mol. The number of benzene rings is 2. The van der Waals surface area contributed by atoms with Gasteiger partial charge in [-0.2, -0.15) is 0 Å². The summed E-state index contributed by atoms with van der Waals surface area (Å²) < 4.78 is 14.5. The quantitative estimate of drug-likeness (QED) is 0.770. The van der Waals surface area contributed by atoms with Crippen molar-refractivity contribution < 1.29 is 9.18 Å². The minimum atomic E-state index is -0.349. The highest BCUT2D eigenvalue weighted by atomic mass is 35.5. The first-order chi connectivity index (χ1) is 12.0. The van der Waals surface area contributed by atoms with E-state index in [2.05, 4.69) is 15.6 Å². The van der Waals surface area contributed by atoms with E-state index in [9.17, 15) is 9.18 Å². The van der Waals surface area contributed by atoms with Crippen LogP contribution in [0.5, 0.6) is 0 Å². The van der Waals surface area contributed by atoms with Crippen molar-refractivity contribution >= 4 is 17.5 Å². The number of amides is 1. The number of hydrogen-bond acceptors (Lipinski definition) is 3. The molecule has 25 heavy (non-hydrogen) atoms. The fourth-order valence-corrected chi connectivity index (χ4v) is 2.83. The van der Waals surface area contributed by atoms with Gasteiger partial charge >= 0.3 is 0 Å². The van der Waals surface area contributed by atoms with Crippen molar-refractivity contribution in [3.8, 4) is 5.69 Å². The minimum Gasteiger partial charge on any atom is -0.344 e. The van der Waals surface area contributed by atoms with Gasteiger partial charge in [0, 0.05) is 5.02 Å². The Bertz CT molecular complexity index is 908. The van der Waals surface area contributed by atoms with E-state index in [1.165, 1.54) is 16.8 Å². The van der Waals surface area contributed by atoms with Crippen LogP contribution >= 0.6 is 11.6 Å². The Morgan fingerprint density at radius 2 is 1.88 bits per heavy atom. The molecular formula is C18H16ClFN4O. The molecule has 1 atom stereocenters. The second-order valence-electron chi connectivity index (χ2n) is 5.63. The predicted molar refractivity (Wildman–Crippen MR) is 93.4 cm³/mol. The summed E-state index contributed by atoms with van der Waals surface area (Å²) in [5, 5.41) is 11.4. The maximum atomic E-state index is 13.1. The molecule has 1 heterocycles. The van der Waals surface area contributed by atoms with Crippen molar-refractivity contribution in [2.45, 2.75) is 19.9 Å². The van der Waals surface area contributed by atoms with Crippen LogP contribution in [0.1, 0.15) is 34.7 Å². The molecule has 0 saturated heterocycles. The molecule has 1 aromatic heterocycles. The summed E-state index contributed by atoms with van der Waals surface area (Å²) in [7, 11) is 0. The summed E-state index contributed by atoms with van der Waals surface area (Å²) in [6, 6.07) is 12.8. The molecule has 0 saturated carbocycles. The van der Waals surface area contributed by atoms with Crippen LogP contribution in [0.3, 0.4) is 0 Å². The van der Waals surface area contributed by atoms with Gasteiger partial charge in [-0.1, -0.05) is 35.0 Å². The smallest absolute Gasteiger partial charge is 0.274 e. The highest BCUT2D eigenvalue weighted by molar-refractivity contribution is 6.31. The van der Waals surface area contributed by atoms with Gasteiger partial charge in [0.15, 0.2) is 5.69 Å². The molecule has 128 valence electrons. The Labute approximate surface area is 149 Å². The number of hydrogen-bond donors (Lipinski definition) is 1. The van der Waals surface area contributed by atoms with Crippen LogP contribution in [0.2, 0.25) is 5.02 Å². The van der Waals surface area contributed by atoms with Gasteiger partial charge in [-0.05, 0) is 49.7 Å². The number of nitrogens with one attached hydrogen (secondary N) is 1. The first kappa shape index (κ1) is 17.1. The molecule has 0 aliphatic carbocycles. The Morgan fingerprint density at radius 3 is 2.56 bits per heavy atom. The zero-order valence-corrected chi connectivity index (χ0v) is 14.5. The number of carbonyl (C=O) groups excluding carboxylic acids is 1. The van der Waals surface area contributed by atoms with Crippen LogP contribution in [0, 0.1) is 12.7 Å². The Hall–Kier alpha value is -2.73. The van der Waals surface area contributed by atoms with E-state index in [1.807, 2.05) is 25.1 Å². The lowest BCUT2D eigenvalue weighted by Crippen LogP contribution is -2.27. The molecule has 0 aliphatic rings. The Kier molecular flexibility index (Phi) is 4.81. The van der Waals surface area contributed by atoms with Crippen LogP contribution in [0.25, 0.3) is 5.69 Å². The molecule has 3 rings (SSSR count). The average Bonchev–Trinajstić information content (AvgIpc) is 2.97. The molecule has 2 aromatic carbocycles. The van der Waals surface area contributed by atoms with Crippen molar-refractivity contribution in [2.24, 2.45) is 0 Å². The van der Waals surface area contributed by atoms with Gasteiger partial charge in [0.2, 0.25) is 0 Å². The summed E-state index contributed by atoms with van der Waals surface area (Å²) in [6.07, 6.45) is 0. The fraction of sp³-hybridized carbons (Fsp3) is 0.167. The fourth-order valence-electron chi connectivity index (χ4n) is 2.54. The van der Waals surface area contributed by atoms with Gasteiger partial charge in [-0.3, -0.25) is 4.79 Å². The van der Waals surface area contributed by atoms with Gasteiger partial charge in [0.1, 0.15) is 5.82 Å². The first-order valence-corrected chi connectivity index (χ1v) is 8.08. The number of carbonyl (C=O) groups is 1. The standard InChI is InChI=1S/C18H16ClFN4O/c1-11(15-5-3-4-6-16(15)19)21-18(25)17-12(2)24(23-22-17)14-9-7-13(20)8-10-14/h3-11H,1-2H3,(H,21,25). The largest absolute Gasteiger partial charge is 0.344 e. The highest BCUT2D eigenvalue weighted by Gasteiger charge is 2.20. The van der Waals surface area contributed by atoms with E-state index in [-0.39, 0.29) is 23.5 Å². The van der Waals surface area contributed by atoms with Crippen LogP contribution in [-0.4, -0.2) is 20.9 Å². The maximum Gasteiger partial charge on any atom is 0.274 e. The molecule has 3 aromatic rings. The summed E-state index contributed by atoms with van der Waals surface area (Å²) in [5.41, 5.74) is 2.23.